The number of rotatable bonds is 11. The van der Waals surface area contributed by atoms with Gasteiger partial charge >= 0.3 is 35.8 Å². The van der Waals surface area contributed by atoms with Gasteiger partial charge in [0.25, 0.3) is 0 Å². The molecule has 0 aromatic rings. The molecule has 10 atom stereocenters. The number of halogens is 1. The molecular weight excluding hydrogens is 662 g/mol. The topological polar surface area (TPSA) is 215 Å². The van der Waals surface area contributed by atoms with E-state index in [4.69, 9.17) is 42.6 Å². The van der Waals surface area contributed by atoms with Crippen LogP contribution >= 0.6 is 15.9 Å². The summed E-state index contributed by atoms with van der Waals surface area (Å²) in [6, 6.07) is -1.39. The van der Waals surface area contributed by atoms with Crippen LogP contribution in [0.4, 0.5) is 0 Å². The summed E-state index contributed by atoms with van der Waals surface area (Å²) in [6.07, 6.45) is -11.2. The van der Waals surface area contributed by atoms with Gasteiger partial charge in [-0.2, -0.15) is 0 Å². The summed E-state index contributed by atoms with van der Waals surface area (Å²) in [4.78, 5) is 84.0. The molecule has 0 bridgehead atoms. The molecule has 1 N–H and O–H groups in total. The van der Waals surface area contributed by atoms with Crippen LogP contribution in [0, 0.1) is 0 Å². The van der Waals surface area contributed by atoms with Gasteiger partial charge in [0.2, 0.25) is 5.91 Å². The zero-order valence-electron chi connectivity index (χ0n) is 25.1. The molecule has 18 heteroatoms. The summed E-state index contributed by atoms with van der Waals surface area (Å²) in [5.74, 6) is -5.26. The van der Waals surface area contributed by atoms with Crippen LogP contribution in [-0.2, 0) is 76.2 Å². The van der Waals surface area contributed by atoms with Crippen molar-refractivity contribution in [3.63, 3.8) is 0 Å². The van der Waals surface area contributed by atoms with E-state index in [-0.39, 0.29) is 0 Å². The Hall–Kier alpha value is -3.35. The third-order valence-corrected chi connectivity index (χ3v) is 6.73. The first-order valence-electron chi connectivity index (χ1n) is 13.3. The van der Waals surface area contributed by atoms with Gasteiger partial charge in [-0.25, -0.2) is 0 Å². The summed E-state index contributed by atoms with van der Waals surface area (Å²) in [6.45, 7) is 6.84. The lowest BCUT2D eigenvalue weighted by molar-refractivity contribution is -0.319. The number of ether oxygens (including phenoxy) is 9. The molecule has 0 aromatic carbocycles. The molecule has 4 unspecified atom stereocenters. The Labute approximate surface area is 260 Å². The van der Waals surface area contributed by atoms with Gasteiger partial charge in [-0.1, -0.05) is 15.9 Å². The van der Waals surface area contributed by atoms with E-state index >= 15 is 0 Å². The van der Waals surface area contributed by atoms with Crippen molar-refractivity contribution in [2.24, 2.45) is 0 Å². The van der Waals surface area contributed by atoms with Gasteiger partial charge < -0.3 is 47.9 Å². The molecule has 0 aliphatic carbocycles. The van der Waals surface area contributed by atoms with Crippen molar-refractivity contribution >= 4 is 57.7 Å². The van der Waals surface area contributed by atoms with E-state index in [1.165, 1.54) is 0 Å². The third-order valence-electron chi connectivity index (χ3n) is 5.99. The van der Waals surface area contributed by atoms with E-state index in [1.807, 2.05) is 0 Å². The Bertz CT molecular complexity index is 1100. The van der Waals surface area contributed by atoms with Crippen LogP contribution in [0.15, 0.2) is 0 Å². The van der Waals surface area contributed by atoms with Crippen molar-refractivity contribution in [1.82, 2.24) is 5.32 Å². The maximum absolute atomic E-state index is 12.3. The van der Waals surface area contributed by atoms with Crippen LogP contribution in [0.3, 0.4) is 0 Å². The summed E-state index contributed by atoms with van der Waals surface area (Å²) < 4.78 is 50.0. The Balaban J connectivity index is 2.66. The number of amides is 1. The Morgan fingerprint density at radius 1 is 0.568 bits per heavy atom. The smallest absolute Gasteiger partial charge is 0.303 e. The molecule has 2 aliphatic rings. The maximum Gasteiger partial charge on any atom is 0.303 e. The van der Waals surface area contributed by atoms with Gasteiger partial charge in [-0.3, -0.25) is 33.6 Å². The fourth-order valence-electron chi connectivity index (χ4n) is 4.57. The Kier molecular flexibility index (Phi) is 13.9. The summed E-state index contributed by atoms with van der Waals surface area (Å²) >= 11 is 3.26. The number of nitrogens with one attached hydrogen (secondary N) is 1. The minimum atomic E-state index is -1.62. The Morgan fingerprint density at radius 2 is 0.977 bits per heavy atom. The number of hydrogen-bond donors (Lipinski definition) is 1. The molecule has 17 nitrogen and oxygen atoms in total. The molecule has 2 aliphatic heterocycles. The fraction of sp³-hybridized carbons (Fsp3) is 0.731. The molecule has 2 heterocycles. The highest BCUT2D eigenvalue weighted by atomic mass is 79.9. The lowest BCUT2D eigenvalue weighted by Crippen LogP contribution is -2.69. The first-order valence-corrected chi connectivity index (χ1v) is 14.2. The third kappa shape index (κ3) is 11.0. The summed E-state index contributed by atoms with van der Waals surface area (Å²) in [7, 11) is 0. The van der Waals surface area contributed by atoms with E-state index in [0.717, 1.165) is 48.5 Å². The van der Waals surface area contributed by atoms with Crippen LogP contribution in [0.2, 0.25) is 0 Å². The monoisotopic (exact) mass is 697 g/mol. The van der Waals surface area contributed by atoms with Crippen LogP contribution in [0.25, 0.3) is 0 Å². The van der Waals surface area contributed by atoms with Crippen LogP contribution in [-0.4, -0.2) is 115 Å². The average molecular weight is 698 g/mol. The molecule has 0 saturated carbocycles. The molecule has 2 rings (SSSR count). The van der Waals surface area contributed by atoms with Crippen molar-refractivity contribution in [2.75, 3.05) is 13.2 Å². The standard InChI is InChI=1S/C26H36BrNO16/c1-10(29)28-19-22(40-15(6)34)20(38-13(4)32)18(9-37-12(3)31)43-26(19)44-23-21(39-14(5)33)17(8-36-11(2)30)42-25(27)24(23)41-16(7)35/h17-26H,8-9H2,1-7H3,(H,28,29)/t17?,18?,19?,20-,21+,22-,23+,24?,25+,26+/m1/s1. The van der Waals surface area contributed by atoms with Crippen LogP contribution < -0.4 is 5.32 Å². The SMILES string of the molecule is CC(=O)NC1[C@H](O[C@@H]2C(OC(C)=O)[C@@H](Br)OC(COC(C)=O)[C@@H]2OC(C)=O)OC(COC(C)=O)[C@@H](OC(C)=O)[C@@H]1OC(C)=O. The van der Waals surface area contributed by atoms with Crippen molar-refractivity contribution in [3.8, 4) is 0 Å². The lowest BCUT2D eigenvalue weighted by Gasteiger charge is -2.48. The zero-order chi connectivity index (χ0) is 33.3. The van der Waals surface area contributed by atoms with Gasteiger partial charge in [0.1, 0.15) is 37.6 Å². The van der Waals surface area contributed by atoms with Crippen molar-refractivity contribution < 1.29 is 76.2 Å². The van der Waals surface area contributed by atoms with E-state index in [1.54, 1.807) is 0 Å². The Morgan fingerprint density at radius 3 is 1.41 bits per heavy atom. The highest BCUT2D eigenvalue weighted by Gasteiger charge is 2.56. The predicted octanol–water partition coefficient (Wildman–Crippen LogP) is -0.426. The normalized spacial score (nSPS) is 31.5. The average Bonchev–Trinajstić information content (AvgIpc) is 2.87. The first kappa shape index (κ1) is 36.8. The van der Waals surface area contributed by atoms with Gasteiger partial charge in [0.15, 0.2) is 35.7 Å². The molecule has 0 aromatic heterocycles. The highest BCUT2D eigenvalue weighted by Crippen LogP contribution is 2.35. The second-order valence-corrected chi connectivity index (χ2v) is 10.7. The second-order valence-electron chi connectivity index (χ2n) is 9.80. The number of alkyl halides is 1. The van der Waals surface area contributed by atoms with Crippen molar-refractivity contribution in [1.29, 1.82) is 0 Å². The van der Waals surface area contributed by atoms with E-state index in [0.29, 0.717) is 0 Å². The van der Waals surface area contributed by atoms with Gasteiger partial charge in [0.05, 0.1) is 0 Å². The quantitative estimate of drug-likeness (QED) is 0.165. The number of esters is 6. The van der Waals surface area contributed by atoms with Crippen LogP contribution in [0.1, 0.15) is 48.5 Å². The van der Waals surface area contributed by atoms with Crippen molar-refractivity contribution in [3.05, 3.63) is 0 Å². The lowest BCUT2D eigenvalue weighted by atomic mass is 9.95. The molecule has 2 saturated heterocycles. The van der Waals surface area contributed by atoms with Crippen molar-refractivity contribution in [2.45, 2.75) is 109 Å². The number of hydrogen-bond acceptors (Lipinski definition) is 16. The van der Waals surface area contributed by atoms with E-state index in [9.17, 15) is 33.6 Å². The minimum Gasteiger partial charge on any atom is -0.463 e. The molecule has 2 fully saturated rings. The minimum absolute atomic E-state index is 0.414. The molecule has 44 heavy (non-hydrogen) atoms. The van der Waals surface area contributed by atoms with E-state index < -0.39 is 115 Å². The fourth-order valence-corrected chi connectivity index (χ4v) is 5.25. The highest BCUT2D eigenvalue weighted by molar-refractivity contribution is 9.09. The number of carbonyl (C=O) groups excluding carboxylic acids is 7. The first-order chi connectivity index (χ1) is 20.5. The largest absolute Gasteiger partial charge is 0.463 e. The van der Waals surface area contributed by atoms with E-state index in [2.05, 4.69) is 21.2 Å². The summed E-state index contributed by atoms with van der Waals surface area (Å²) in [5, 5.41) is 1.44. The molecule has 0 radical (unpaired) electrons. The molecule has 248 valence electrons. The molecule has 1 amide bonds. The summed E-state index contributed by atoms with van der Waals surface area (Å²) in [5.41, 5.74) is 0. The second kappa shape index (κ2) is 16.6. The molecule has 0 spiro atoms. The zero-order valence-corrected chi connectivity index (χ0v) is 26.7. The molecular formula is C26H36BrNO16. The van der Waals surface area contributed by atoms with Gasteiger partial charge in [0, 0.05) is 48.5 Å². The number of carbonyl (C=O) groups is 7. The van der Waals surface area contributed by atoms with Crippen LogP contribution in [0.5, 0.6) is 0 Å². The van der Waals surface area contributed by atoms with Gasteiger partial charge in [-0.15, -0.1) is 0 Å². The van der Waals surface area contributed by atoms with Gasteiger partial charge in [-0.05, 0) is 0 Å². The predicted molar refractivity (Wildman–Crippen MR) is 144 cm³/mol. The maximum atomic E-state index is 12.3.